The number of aromatic nitrogens is 2. The average Bonchev–Trinajstić information content (AvgIpc) is 2.94. The Morgan fingerprint density at radius 1 is 1.67 bits per heavy atom. The molecule has 0 bridgehead atoms. The molecule has 1 aromatic rings. The molecule has 7 heteroatoms. The van der Waals surface area contributed by atoms with Crippen LogP contribution < -0.4 is 0 Å². The Bertz CT molecular complexity index is 571. The van der Waals surface area contributed by atoms with Crippen LogP contribution in [0, 0.1) is 12.3 Å². The molecule has 0 aromatic carbocycles. The van der Waals surface area contributed by atoms with Gasteiger partial charge in [0.15, 0.2) is 9.84 Å². The number of carbonyl (C=O) groups is 1. The summed E-state index contributed by atoms with van der Waals surface area (Å²) in [5.74, 6) is 2.20. The maximum Gasteiger partial charge on any atom is 0.258 e. The van der Waals surface area contributed by atoms with Gasteiger partial charge in [-0.15, -0.1) is 6.42 Å². The Labute approximate surface area is 105 Å². The second-order valence-corrected chi connectivity index (χ2v) is 6.41. The third-order valence-corrected chi connectivity index (χ3v) is 4.67. The molecular weight excluding hydrogens is 254 g/mol. The minimum Gasteiger partial charge on any atom is -0.323 e. The number of aromatic amines is 1. The molecule has 1 aliphatic heterocycles. The van der Waals surface area contributed by atoms with Crippen molar-refractivity contribution in [2.75, 3.05) is 18.1 Å². The van der Waals surface area contributed by atoms with Crippen LogP contribution in [0.25, 0.3) is 0 Å². The van der Waals surface area contributed by atoms with Crippen molar-refractivity contribution in [2.24, 2.45) is 0 Å². The summed E-state index contributed by atoms with van der Waals surface area (Å²) < 4.78 is 22.9. The van der Waals surface area contributed by atoms with Crippen LogP contribution in [-0.2, 0) is 9.84 Å². The SMILES string of the molecule is C#CCN(C(=O)c1cn[nH]c1)C1CCS(=O)(=O)C1. The molecule has 2 rings (SSSR count). The monoisotopic (exact) mass is 267 g/mol. The second kappa shape index (κ2) is 4.82. The number of amides is 1. The van der Waals surface area contributed by atoms with Crippen molar-refractivity contribution < 1.29 is 13.2 Å². The Balaban J connectivity index is 2.19. The molecule has 0 radical (unpaired) electrons. The van der Waals surface area contributed by atoms with Crippen LogP contribution in [0.3, 0.4) is 0 Å². The summed E-state index contributed by atoms with van der Waals surface area (Å²) in [4.78, 5) is 13.6. The Hall–Kier alpha value is -1.81. The minimum atomic E-state index is -3.05. The van der Waals surface area contributed by atoms with Crippen molar-refractivity contribution in [3.8, 4) is 12.3 Å². The number of nitrogens with zero attached hydrogens (tertiary/aromatic N) is 2. The van der Waals surface area contributed by atoms with Gasteiger partial charge in [0, 0.05) is 12.2 Å². The van der Waals surface area contributed by atoms with E-state index in [0.717, 1.165) is 0 Å². The zero-order valence-electron chi connectivity index (χ0n) is 9.67. The summed E-state index contributed by atoms with van der Waals surface area (Å²) in [6, 6.07) is -0.339. The van der Waals surface area contributed by atoms with Crippen molar-refractivity contribution in [3.63, 3.8) is 0 Å². The third kappa shape index (κ3) is 2.54. The smallest absolute Gasteiger partial charge is 0.258 e. The molecule has 1 atom stereocenters. The highest BCUT2D eigenvalue weighted by Gasteiger charge is 2.34. The first kappa shape index (κ1) is 12.6. The van der Waals surface area contributed by atoms with Crippen LogP contribution in [0.4, 0.5) is 0 Å². The second-order valence-electron chi connectivity index (χ2n) is 4.18. The van der Waals surface area contributed by atoms with Gasteiger partial charge in [-0.1, -0.05) is 5.92 Å². The van der Waals surface area contributed by atoms with Gasteiger partial charge in [-0.3, -0.25) is 9.89 Å². The minimum absolute atomic E-state index is 0.0156. The number of hydrogen-bond acceptors (Lipinski definition) is 4. The fraction of sp³-hybridized carbons (Fsp3) is 0.455. The Morgan fingerprint density at radius 2 is 2.44 bits per heavy atom. The number of hydrogen-bond donors (Lipinski definition) is 1. The van der Waals surface area contributed by atoms with E-state index in [2.05, 4.69) is 16.1 Å². The molecule has 2 heterocycles. The highest BCUT2D eigenvalue weighted by atomic mass is 32.2. The van der Waals surface area contributed by atoms with Gasteiger partial charge in [-0.25, -0.2) is 8.42 Å². The molecule has 0 aliphatic carbocycles. The molecule has 1 amide bonds. The number of sulfone groups is 1. The van der Waals surface area contributed by atoms with E-state index in [4.69, 9.17) is 6.42 Å². The lowest BCUT2D eigenvalue weighted by Gasteiger charge is -2.25. The predicted octanol–water partition coefficient (Wildman–Crippen LogP) is -0.328. The van der Waals surface area contributed by atoms with Gasteiger partial charge in [-0.05, 0) is 6.42 Å². The van der Waals surface area contributed by atoms with E-state index in [-0.39, 0.29) is 30.0 Å². The van der Waals surface area contributed by atoms with E-state index in [9.17, 15) is 13.2 Å². The molecule has 6 nitrogen and oxygen atoms in total. The van der Waals surface area contributed by atoms with Gasteiger partial charge in [0.05, 0.1) is 29.8 Å². The largest absolute Gasteiger partial charge is 0.323 e. The van der Waals surface area contributed by atoms with Crippen molar-refractivity contribution in [1.29, 1.82) is 0 Å². The summed E-state index contributed by atoms with van der Waals surface area (Å²) in [5, 5.41) is 6.25. The number of rotatable bonds is 3. The average molecular weight is 267 g/mol. The van der Waals surface area contributed by atoms with Gasteiger partial charge in [-0.2, -0.15) is 5.10 Å². The zero-order valence-corrected chi connectivity index (χ0v) is 10.5. The topological polar surface area (TPSA) is 83.1 Å². The lowest BCUT2D eigenvalue weighted by atomic mass is 10.2. The normalized spacial score (nSPS) is 21.4. The molecule has 0 saturated carbocycles. The first-order valence-electron chi connectivity index (χ1n) is 5.47. The quantitative estimate of drug-likeness (QED) is 0.760. The van der Waals surface area contributed by atoms with Gasteiger partial charge in [0.1, 0.15) is 0 Å². The summed E-state index contributed by atoms with van der Waals surface area (Å²) in [7, 11) is -3.05. The third-order valence-electron chi connectivity index (χ3n) is 2.92. The molecular formula is C11H13N3O3S. The number of carbonyl (C=O) groups excluding carboxylic acids is 1. The molecule has 1 saturated heterocycles. The molecule has 1 unspecified atom stereocenters. The van der Waals surface area contributed by atoms with Gasteiger partial charge in [0.2, 0.25) is 0 Å². The van der Waals surface area contributed by atoms with Crippen LogP contribution in [-0.4, -0.2) is 53.5 Å². The van der Waals surface area contributed by atoms with Crippen LogP contribution in [0.5, 0.6) is 0 Å². The molecule has 0 spiro atoms. The van der Waals surface area contributed by atoms with E-state index in [1.807, 2.05) is 0 Å². The maximum atomic E-state index is 12.2. The lowest BCUT2D eigenvalue weighted by molar-refractivity contribution is 0.0724. The molecule has 1 aliphatic rings. The van der Waals surface area contributed by atoms with E-state index in [1.165, 1.54) is 17.3 Å². The van der Waals surface area contributed by atoms with Crippen molar-refractivity contribution in [2.45, 2.75) is 12.5 Å². The van der Waals surface area contributed by atoms with Crippen molar-refractivity contribution >= 4 is 15.7 Å². The lowest BCUT2D eigenvalue weighted by Crippen LogP contribution is -2.41. The Kier molecular flexibility index (Phi) is 3.39. The summed E-state index contributed by atoms with van der Waals surface area (Å²) in [5.41, 5.74) is 0.384. The van der Waals surface area contributed by atoms with E-state index >= 15 is 0 Å². The van der Waals surface area contributed by atoms with Crippen LogP contribution in [0.2, 0.25) is 0 Å². The van der Waals surface area contributed by atoms with E-state index in [0.29, 0.717) is 12.0 Å². The van der Waals surface area contributed by atoms with Gasteiger partial charge in [0.25, 0.3) is 5.91 Å². The standard InChI is InChI=1S/C11H13N3O3S/c1-2-4-14(10-3-5-18(16,17)8-10)11(15)9-6-12-13-7-9/h1,6-7,10H,3-5,8H2,(H,12,13). The fourth-order valence-electron chi connectivity index (χ4n) is 2.02. The van der Waals surface area contributed by atoms with Crippen LogP contribution in [0.15, 0.2) is 12.4 Å². The van der Waals surface area contributed by atoms with E-state index in [1.54, 1.807) is 0 Å². The van der Waals surface area contributed by atoms with Crippen molar-refractivity contribution in [3.05, 3.63) is 18.0 Å². The number of nitrogens with one attached hydrogen (secondary N) is 1. The van der Waals surface area contributed by atoms with Crippen molar-refractivity contribution in [1.82, 2.24) is 15.1 Å². The molecule has 1 aromatic heterocycles. The highest BCUT2D eigenvalue weighted by Crippen LogP contribution is 2.19. The summed E-state index contributed by atoms with van der Waals surface area (Å²) >= 11 is 0. The van der Waals surface area contributed by atoms with Crippen LogP contribution >= 0.6 is 0 Å². The molecule has 1 fully saturated rings. The number of terminal acetylenes is 1. The summed E-state index contributed by atoms with van der Waals surface area (Å²) in [6.45, 7) is 0.101. The van der Waals surface area contributed by atoms with E-state index < -0.39 is 9.84 Å². The molecule has 18 heavy (non-hydrogen) atoms. The number of H-pyrrole nitrogens is 1. The first-order chi connectivity index (χ1) is 8.53. The molecule has 96 valence electrons. The predicted molar refractivity (Wildman–Crippen MR) is 65.5 cm³/mol. The molecule has 1 N–H and O–H groups in total. The Morgan fingerprint density at radius 3 is 2.94 bits per heavy atom. The van der Waals surface area contributed by atoms with Gasteiger partial charge >= 0.3 is 0 Å². The zero-order chi connectivity index (χ0) is 13.2. The maximum absolute atomic E-state index is 12.2. The fourth-order valence-corrected chi connectivity index (χ4v) is 3.75. The van der Waals surface area contributed by atoms with Crippen LogP contribution in [0.1, 0.15) is 16.8 Å². The highest BCUT2D eigenvalue weighted by molar-refractivity contribution is 7.91. The summed E-state index contributed by atoms with van der Waals surface area (Å²) in [6.07, 6.45) is 8.54. The van der Waals surface area contributed by atoms with Gasteiger partial charge < -0.3 is 4.90 Å². The first-order valence-corrected chi connectivity index (χ1v) is 7.29.